The van der Waals surface area contributed by atoms with Gasteiger partial charge in [-0.1, -0.05) is 42.5 Å². The molecule has 2 fully saturated rings. The summed E-state index contributed by atoms with van der Waals surface area (Å²) in [6.07, 6.45) is 5.30. The van der Waals surface area contributed by atoms with Crippen molar-refractivity contribution in [2.45, 2.75) is 31.7 Å². The van der Waals surface area contributed by atoms with Crippen LogP contribution in [0.1, 0.15) is 24.8 Å². The van der Waals surface area contributed by atoms with Gasteiger partial charge >= 0.3 is 0 Å². The Balaban J connectivity index is 1.51. The summed E-state index contributed by atoms with van der Waals surface area (Å²) < 4.78 is 0. The van der Waals surface area contributed by atoms with Gasteiger partial charge in [0, 0.05) is 6.04 Å². The molecule has 0 spiro atoms. The van der Waals surface area contributed by atoms with Crippen LogP contribution in [0.2, 0.25) is 0 Å². The highest BCUT2D eigenvalue weighted by atomic mass is 14.7. The zero-order valence-corrected chi connectivity index (χ0v) is 11.3. The van der Waals surface area contributed by atoms with Gasteiger partial charge < -0.3 is 5.73 Å². The molecule has 1 nitrogen and oxygen atoms in total. The second-order valence-corrected chi connectivity index (χ2v) is 6.54. The molecule has 0 aliphatic heterocycles. The van der Waals surface area contributed by atoms with Gasteiger partial charge in [-0.15, -0.1) is 0 Å². The molecule has 1 heteroatoms. The Morgan fingerprint density at radius 1 is 0.947 bits per heavy atom. The first-order valence-electron chi connectivity index (χ1n) is 7.53. The third-order valence-electron chi connectivity index (χ3n) is 5.17. The van der Waals surface area contributed by atoms with Crippen molar-refractivity contribution in [2.24, 2.45) is 23.5 Å². The van der Waals surface area contributed by atoms with Crippen LogP contribution in [0.25, 0.3) is 10.8 Å². The van der Waals surface area contributed by atoms with Crippen molar-refractivity contribution < 1.29 is 0 Å². The SMILES string of the molecule is NC(Cc1ccc2ccccc2c1)C1CC2CC2C1. The fourth-order valence-corrected chi connectivity index (χ4v) is 3.92. The van der Waals surface area contributed by atoms with Crippen molar-refractivity contribution in [1.82, 2.24) is 0 Å². The number of hydrogen-bond acceptors (Lipinski definition) is 1. The molecule has 0 aromatic heterocycles. The maximum absolute atomic E-state index is 6.44. The van der Waals surface area contributed by atoms with Gasteiger partial charge in [0.2, 0.25) is 0 Å². The molecule has 0 bridgehead atoms. The van der Waals surface area contributed by atoms with E-state index in [1.54, 1.807) is 0 Å². The highest BCUT2D eigenvalue weighted by Crippen LogP contribution is 2.55. The lowest BCUT2D eigenvalue weighted by Gasteiger charge is -2.20. The van der Waals surface area contributed by atoms with Crippen LogP contribution in [0.4, 0.5) is 0 Å². The summed E-state index contributed by atoms with van der Waals surface area (Å²) in [6, 6.07) is 15.7. The molecule has 0 heterocycles. The summed E-state index contributed by atoms with van der Waals surface area (Å²) in [7, 11) is 0. The average molecular weight is 251 g/mol. The fourth-order valence-electron chi connectivity index (χ4n) is 3.92. The van der Waals surface area contributed by atoms with E-state index >= 15 is 0 Å². The molecule has 0 saturated heterocycles. The van der Waals surface area contributed by atoms with Gasteiger partial charge in [0.25, 0.3) is 0 Å². The van der Waals surface area contributed by atoms with Crippen molar-refractivity contribution in [3.05, 3.63) is 48.0 Å². The Hall–Kier alpha value is -1.34. The quantitative estimate of drug-likeness (QED) is 0.883. The zero-order valence-electron chi connectivity index (χ0n) is 11.3. The summed E-state index contributed by atoms with van der Waals surface area (Å²) in [4.78, 5) is 0. The van der Waals surface area contributed by atoms with E-state index in [4.69, 9.17) is 5.73 Å². The highest BCUT2D eigenvalue weighted by molar-refractivity contribution is 5.82. The largest absolute Gasteiger partial charge is 0.327 e. The topological polar surface area (TPSA) is 26.0 Å². The summed E-state index contributed by atoms with van der Waals surface area (Å²) in [5, 5.41) is 2.66. The lowest BCUT2D eigenvalue weighted by Crippen LogP contribution is -2.31. The van der Waals surface area contributed by atoms with Crippen LogP contribution >= 0.6 is 0 Å². The van der Waals surface area contributed by atoms with Crippen molar-refractivity contribution in [1.29, 1.82) is 0 Å². The van der Waals surface area contributed by atoms with Crippen molar-refractivity contribution in [3.63, 3.8) is 0 Å². The Morgan fingerprint density at radius 3 is 2.47 bits per heavy atom. The van der Waals surface area contributed by atoms with Gasteiger partial charge in [-0.05, 0) is 59.8 Å². The predicted molar refractivity (Wildman–Crippen MR) is 79.9 cm³/mol. The van der Waals surface area contributed by atoms with Crippen LogP contribution in [0.15, 0.2) is 42.5 Å². The summed E-state index contributed by atoms with van der Waals surface area (Å²) in [5.74, 6) is 2.84. The molecular formula is C18H21N. The molecule has 2 aromatic rings. The molecule has 2 aliphatic rings. The minimum atomic E-state index is 0.356. The molecule has 3 unspecified atom stereocenters. The third-order valence-corrected chi connectivity index (χ3v) is 5.17. The second kappa shape index (κ2) is 4.35. The molecular weight excluding hydrogens is 230 g/mol. The Bertz CT molecular complexity index is 593. The monoisotopic (exact) mass is 251 g/mol. The van der Waals surface area contributed by atoms with Gasteiger partial charge in [0.15, 0.2) is 0 Å². The van der Waals surface area contributed by atoms with Crippen molar-refractivity contribution >= 4 is 10.8 Å². The van der Waals surface area contributed by atoms with E-state index < -0.39 is 0 Å². The van der Waals surface area contributed by atoms with E-state index in [2.05, 4.69) is 42.5 Å². The normalized spacial score (nSPS) is 30.3. The molecule has 3 atom stereocenters. The number of fused-ring (bicyclic) bond motifs is 2. The molecule has 2 saturated carbocycles. The average Bonchev–Trinajstić information content (AvgIpc) is 3.05. The molecule has 2 aromatic carbocycles. The zero-order chi connectivity index (χ0) is 12.8. The van der Waals surface area contributed by atoms with Gasteiger partial charge in [-0.3, -0.25) is 0 Å². The maximum Gasteiger partial charge on any atom is 0.0108 e. The first-order valence-corrected chi connectivity index (χ1v) is 7.53. The van der Waals surface area contributed by atoms with E-state index in [1.807, 2.05) is 0 Å². The molecule has 2 aliphatic carbocycles. The molecule has 0 amide bonds. The molecule has 0 radical (unpaired) electrons. The van der Waals surface area contributed by atoms with Crippen LogP contribution in [0.5, 0.6) is 0 Å². The van der Waals surface area contributed by atoms with Gasteiger partial charge in [0.1, 0.15) is 0 Å². The standard InChI is InChI=1S/C18H21N/c19-18(17-10-15-9-16(15)11-17)8-12-5-6-13-3-1-2-4-14(13)7-12/h1-7,15-18H,8-11,19H2. The van der Waals surface area contributed by atoms with E-state index in [1.165, 1.54) is 35.6 Å². The summed E-state index contributed by atoms with van der Waals surface area (Å²) in [6.45, 7) is 0. The molecule has 4 rings (SSSR count). The highest BCUT2D eigenvalue weighted by Gasteiger charge is 2.47. The van der Waals surface area contributed by atoms with Gasteiger partial charge in [0.05, 0.1) is 0 Å². The number of benzene rings is 2. The van der Waals surface area contributed by atoms with Crippen LogP contribution in [-0.4, -0.2) is 6.04 Å². The smallest absolute Gasteiger partial charge is 0.0108 e. The van der Waals surface area contributed by atoms with Gasteiger partial charge in [-0.2, -0.15) is 0 Å². The number of nitrogens with two attached hydrogens (primary N) is 1. The lowest BCUT2D eigenvalue weighted by atomic mass is 9.90. The summed E-state index contributed by atoms with van der Waals surface area (Å²) in [5.41, 5.74) is 7.83. The van der Waals surface area contributed by atoms with Crippen LogP contribution in [-0.2, 0) is 6.42 Å². The van der Waals surface area contributed by atoms with Crippen LogP contribution in [0.3, 0.4) is 0 Å². The number of hydrogen-bond donors (Lipinski definition) is 1. The summed E-state index contributed by atoms with van der Waals surface area (Å²) >= 11 is 0. The lowest BCUT2D eigenvalue weighted by molar-refractivity contribution is 0.392. The van der Waals surface area contributed by atoms with Crippen LogP contribution in [0, 0.1) is 17.8 Å². The first-order chi connectivity index (χ1) is 9.29. The Morgan fingerprint density at radius 2 is 1.68 bits per heavy atom. The second-order valence-electron chi connectivity index (χ2n) is 6.54. The minimum absolute atomic E-state index is 0.356. The fraction of sp³-hybridized carbons (Fsp3) is 0.444. The van der Waals surface area contributed by atoms with Crippen molar-refractivity contribution in [3.8, 4) is 0 Å². The Labute approximate surface area is 114 Å². The number of rotatable bonds is 3. The Kier molecular flexibility index (Phi) is 2.63. The maximum atomic E-state index is 6.44. The first kappa shape index (κ1) is 11.5. The van der Waals surface area contributed by atoms with E-state index in [0.717, 1.165) is 24.2 Å². The molecule has 98 valence electrons. The van der Waals surface area contributed by atoms with E-state index in [9.17, 15) is 0 Å². The third kappa shape index (κ3) is 2.17. The molecule has 19 heavy (non-hydrogen) atoms. The van der Waals surface area contributed by atoms with Crippen molar-refractivity contribution in [2.75, 3.05) is 0 Å². The minimum Gasteiger partial charge on any atom is -0.327 e. The molecule has 2 N–H and O–H groups in total. The predicted octanol–water partition coefficient (Wildman–Crippen LogP) is 3.76. The van der Waals surface area contributed by atoms with E-state index in [-0.39, 0.29) is 0 Å². The van der Waals surface area contributed by atoms with E-state index in [0.29, 0.717) is 6.04 Å². The van der Waals surface area contributed by atoms with Crippen LogP contribution < -0.4 is 5.73 Å². The van der Waals surface area contributed by atoms with Gasteiger partial charge in [-0.25, -0.2) is 0 Å².